The number of benzene rings is 1. The summed E-state index contributed by atoms with van der Waals surface area (Å²) in [6.07, 6.45) is 4.76. The van der Waals surface area contributed by atoms with E-state index in [0.717, 1.165) is 38.3 Å². The number of nitrogens with one attached hydrogen (secondary N) is 2. The smallest absolute Gasteiger partial charge is 0.321 e. The molecule has 1 spiro atoms. The van der Waals surface area contributed by atoms with Crippen molar-refractivity contribution in [3.8, 4) is 0 Å². The average Bonchev–Trinajstić information content (AvgIpc) is 2.50. The Balaban J connectivity index is 1.62. The van der Waals surface area contributed by atoms with Crippen LogP contribution in [0.25, 0.3) is 0 Å². The lowest BCUT2D eigenvalue weighted by Crippen LogP contribution is -2.53. The van der Waals surface area contributed by atoms with Crippen molar-refractivity contribution in [3.05, 3.63) is 29.3 Å². The molecule has 2 fully saturated rings. The maximum atomic E-state index is 12.4. The third-order valence-corrected chi connectivity index (χ3v) is 4.86. The first-order chi connectivity index (χ1) is 10.2. The van der Waals surface area contributed by atoms with Crippen molar-refractivity contribution in [3.63, 3.8) is 0 Å². The first-order valence-corrected chi connectivity index (χ1v) is 8.07. The van der Waals surface area contributed by atoms with E-state index in [9.17, 15) is 4.79 Å². The monoisotopic (exact) mass is 307 g/mol. The van der Waals surface area contributed by atoms with E-state index in [4.69, 9.17) is 11.6 Å². The van der Waals surface area contributed by atoms with Gasteiger partial charge in [-0.15, -0.1) is 0 Å². The van der Waals surface area contributed by atoms with Crippen molar-refractivity contribution in [2.45, 2.75) is 25.7 Å². The highest BCUT2D eigenvalue weighted by atomic mass is 35.5. The van der Waals surface area contributed by atoms with E-state index in [0.29, 0.717) is 5.02 Å². The topological polar surface area (TPSA) is 44.4 Å². The number of amides is 2. The molecule has 0 aromatic heterocycles. The Morgan fingerprint density at radius 3 is 2.71 bits per heavy atom. The van der Waals surface area contributed by atoms with Gasteiger partial charge in [-0.3, -0.25) is 0 Å². The van der Waals surface area contributed by atoms with Crippen LogP contribution in [-0.2, 0) is 0 Å². The van der Waals surface area contributed by atoms with Gasteiger partial charge < -0.3 is 15.5 Å². The SMILES string of the molecule is O=C(Nc1ccc(Cl)cc1)N1CCCC2(CCCNC2)C1. The molecule has 0 saturated carbocycles. The Morgan fingerprint density at radius 2 is 2.00 bits per heavy atom. The molecule has 2 aliphatic heterocycles. The normalized spacial score (nSPS) is 25.9. The Bertz CT molecular complexity index is 491. The van der Waals surface area contributed by atoms with Crippen LogP contribution in [0, 0.1) is 5.41 Å². The summed E-state index contributed by atoms with van der Waals surface area (Å²) < 4.78 is 0. The summed E-state index contributed by atoms with van der Waals surface area (Å²) in [6, 6.07) is 7.26. The largest absolute Gasteiger partial charge is 0.324 e. The van der Waals surface area contributed by atoms with Gasteiger partial charge in [-0.1, -0.05) is 11.6 Å². The van der Waals surface area contributed by atoms with Crippen LogP contribution in [0.1, 0.15) is 25.7 Å². The van der Waals surface area contributed by atoms with Gasteiger partial charge >= 0.3 is 6.03 Å². The number of carbonyl (C=O) groups is 1. The third-order valence-electron chi connectivity index (χ3n) is 4.60. The molecule has 1 aromatic carbocycles. The number of rotatable bonds is 1. The van der Waals surface area contributed by atoms with Gasteiger partial charge in [0.2, 0.25) is 0 Å². The molecular formula is C16H22ClN3O. The second-order valence-electron chi connectivity index (χ2n) is 6.24. The first kappa shape index (κ1) is 14.7. The number of urea groups is 1. The standard InChI is InChI=1S/C16H22ClN3O/c17-13-3-5-14(6-4-13)19-15(21)20-10-2-8-16(12-20)7-1-9-18-11-16/h3-6,18H,1-2,7-12H2,(H,19,21). The first-order valence-electron chi connectivity index (χ1n) is 7.69. The van der Waals surface area contributed by atoms with Crippen LogP contribution in [0.3, 0.4) is 0 Å². The summed E-state index contributed by atoms with van der Waals surface area (Å²) in [5.74, 6) is 0. The van der Waals surface area contributed by atoms with Crippen molar-refractivity contribution in [2.24, 2.45) is 5.41 Å². The molecule has 2 heterocycles. The second kappa shape index (κ2) is 6.24. The zero-order valence-electron chi connectivity index (χ0n) is 12.2. The number of hydrogen-bond acceptors (Lipinski definition) is 2. The zero-order valence-corrected chi connectivity index (χ0v) is 13.0. The van der Waals surface area contributed by atoms with Crippen molar-refractivity contribution >= 4 is 23.3 Å². The molecule has 21 heavy (non-hydrogen) atoms. The van der Waals surface area contributed by atoms with Gasteiger partial charge in [0.15, 0.2) is 0 Å². The Morgan fingerprint density at radius 1 is 1.24 bits per heavy atom. The number of carbonyl (C=O) groups excluding carboxylic acids is 1. The lowest BCUT2D eigenvalue weighted by atomic mass is 9.74. The molecule has 0 bridgehead atoms. The molecular weight excluding hydrogens is 286 g/mol. The molecule has 4 nitrogen and oxygen atoms in total. The average molecular weight is 308 g/mol. The van der Waals surface area contributed by atoms with Crippen LogP contribution in [0.2, 0.25) is 5.02 Å². The predicted molar refractivity (Wildman–Crippen MR) is 85.8 cm³/mol. The molecule has 2 aliphatic rings. The number of anilines is 1. The molecule has 1 unspecified atom stereocenters. The summed E-state index contributed by atoms with van der Waals surface area (Å²) >= 11 is 5.86. The van der Waals surface area contributed by atoms with Crippen LogP contribution in [0.15, 0.2) is 24.3 Å². The lowest BCUT2D eigenvalue weighted by Gasteiger charge is -2.45. The second-order valence-corrected chi connectivity index (χ2v) is 6.68. The zero-order chi connectivity index (χ0) is 14.7. The number of piperidine rings is 2. The number of likely N-dealkylation sites (tertiary alicyclic amines) is 1. The number of hydrogen-bond donors (Lipinski definition) is 2. The van der Waals surface area contributed by atoms with Crippen molar-refractivity contribution in [2.75, 3.05) is 31.5 Å². The minimum Gasteiger partial charge on any atom is -0.324 e. The molecule has 5 heteroatoms. The fraction of sp³-hybridized carbons (Fsp3) is 0.562. The van der Waals surface area contributed by atoms with Gasteiger partial charge in [0.05, 0.1) is 0 Å². The summed E-state index contributed by atoms with van der Waals surface area (Å²) in [5.41, 5.74) is 1.08. The van der Waals surface area contributed by atoms with E-state index in [1.165, 1.54) is 19.3 Å². The Labute approximate surface area is 130 Å². The third kappa shape index (κ3) is 3.50. The molecule has 0 aliphatic carbocycles. The lowest BCUT2D eigenvalue weighted by molar-refractivity contribution is 0.0861. The summed E-state index contributed by atoms with van der Waals surface area (Å²) in [4.78, 5) is 14.4. The highest BCUT2D eigenvalue weighted by Crippen LogP contribution is 2.36. The van der Waals surface area contributed by atoms with Crippen LogP contribution >= 0.6 is 11.6 Å². The Hall–Kier alpha value is -1.26. The van der Waals surface area contributed by atoms with E-state index in [-0.39, 0.29) is 11.4 Å². The molecule has 1 atom stereocenters. The maximum absolute atomic E-state index is 12.4. The van der Waals surface area contributed by atoms with Gasteiger partial charge in [0.1, 0.15) is 0 Å². The highest BCUT2D eigenvalue weighted by Gasteiger charge is 2.37. The van der Waals surface area contributed by atoms with Crippen LogP contribution in [0.5, 0.6) is 0 Å². The Kier molecular flexibility index (Phi) is 4.36. The van der Waals surface area contributed by atoms with E-state index in [1.807, 2.05) is 17.0 Å². The van der Waals surface area contributed by atoms with Crippen LogP contribution in [-0.4, -0.2) is 37.1 Å². The molecule has 1 aromatic rings. The molecule has 0 radical (unpaired) electrons. The molecule has 2 saturated heterocycles. The molecule has 3 rings (SSSR count). The van der Waals surface area contributed by atoms with Gasteiger partial charge in [-0.25, -0.2) is 4.79 Å². The minimum absolute atomic E-state index is 0.00182. The van der Waals surface area contributed by atoms with E-state index in [1.54, 1.807) is 12.1 Å². The maximum Gasteiger partial charge on any atom is 0.321 e. The quantitative estimate of drug-likeness (QED) is 0.836. The van der Waals surface area contributed by atoms with Gasteiger partial charge in [0.25, 0.3) is 0 Å². The highest BCUT2D eigenvalue weighted by molar-refractivity contribution is 6.30. The fourth-order valence-corrected chi connectivity index (χ4v) is 3.62. The summed E-state index contributed by atoms with van der Waals surface area (Å²) in [5, 5.41) is 7.14. The summed E-state index contributed by atoms with van der Waals surface area (Å²) in [6.45, 7) is 3.86. The van der Waals surface area contributed by atoms with Crippen molar-refractivity contribution in [1.82, 2.24) is 10.2 Å². The summed E-state index contributed by atoms with van der Waals surface area (Å²) in [7, 11) is 0. The van der Waals surface area contributed by atoms with Gasteiger partial charge in [-0.2, -0.15) is 0 Å². The van der Waals surface area contributed by atoms with Crippen molar-refractivity contribution < 1.29 is 4.79 Å². The van der Waals surface area contributed by atoms with Gasteiger partial charge in [-0.05, 0) is 56.5 Å². The fourth-order valence-electron chi connectivity index (χ4n) is 3.50. The van der Waals surface area contributed by atoms with E-state index >= 15 is 0 Å². The molecule has 2 N–H and O–H groups in total. The van der Waals surface area contributed by atoms with Crippen LogP contribution < -0.4 is 10.6 Å². The van der Waals surface area contributed by atoms with Gasteiger partial charge in [0, 0.05) is 35.8 Å². The van der Waals surface area contributed by atoms with Crippen LogP contribution in [0.4, 0.5) is 10.5 Å². The molecule has 114 valence electrons. The molecule has 2 amide bonds. The number of halogens is 1. The number of nitrogens with zero attached hydrogens (tertiary/aromatic N) is 1. The van der Waals surface area contributed by atoms with E-state index < -0.39 is 0 Å². The van der Waals surface area contributed by atoms with Crippen molar-refractivity contribution in [1.29, 1.82) is 0 Å². The minimum atomic E-state index is 0.00182. The van der Waals surface area contributed by atoms with E-state index in [2.05, 4.69) is 10.6 Å². The predicted octanol–water partition coefficient (Wildman–Crippen LogP) is 3.34.